The highest BCUT2D eigenvalue weighted by molar-refractivity contribution is 7.90. The molecule has 12 rings (SSSR count). The first kappa shape index (κ1) is 59.6. The lowest BCUT2D eigenvalue weighted by Crippen LogP contribution is -2.33. The van der Waals surface area contributed by atoms with Gasteiger partial charge in [0.1, 0.15) is 23.7 Å². The molecule has 3 N–H and O–H groups in total. The summed E-state index contributed by atoms with van der Waals surface area (Å²) in [6.45, 7) is 0. The number of anilines is 1. The fourth-order valence-corrected chi connectivity index (χ4v) is 13.5. The minimum atomic E-state index is -3.87. The number of nitrogens with one attached hydrogen (secondary N) is 1. The number of fused-ring (bicyclic) bond motifs is 2. The van der Waals surface area contributed by atoms with E-state index in [2.05, 4.69) is 20.3 Å². The number of nitrogens with two attached hydrogens (primary N) is 1. The van der Waals surface area contributed by atoms with E-state index in [0.29, 0.717) is 73.2 Å². The molecular weight excluding hydrogens is 1190 g/mol. The van der Waals surface area contributed by atoms with Crippen molar-refractivity contribution in [3.8, 4) is 34.0 Å². The van der Waals surface area contributed by atoms with E-state index in [9.17, 15) is 37.1 Å². The van der Waals surface area contributed by atoms with E-state index in [-0.39, 0.29) is 55.8 Å². The standard InChI is InChI=1S/C30H26ClN5O5S.C18H11Cl2N3O2S.C12H16N2O3/c31-27-18-32-30(33-20-7-6-8-23(17-20)41-22-15-13-21(14-16-22)36(37)38)34-29(27)26-19-35(28-12-5-4-11-25(26)28)42(39,40)24-9-2-1-3-10-24;19-15-10-21-18(20)22-17(15)14-11-23(16-9-5-4-8-13(14)16)26(24,25)12-6-2-1-3-7-12;13-9-2-1-3-12(8-9)17-11-6-4-10(5-7-11)14(15)16/h1-5,9-16,18-20,23H,6-8,17H2,(H,32,33,34);1-11H;4-7,9,12H,1-3,8,13H2/t20-,23-;;9-,12-/m1.1/s1. The van der Waals surface area contributed by atoms with Crippen LogP contribution in [0.2, 0.25) is 15.3 Å². The number of benzene rings is 6. The molecule has 4 atom stereocenters. The summed E-state index contributed by atoms with van der Waals surface area (Å²) in [7, 11) is -7.65. The Balaban J connectivity index is 0.000000158. The zero-order chi connectivity index (χ0) is 59.8. The Labute approximate surface area is 503 Å². The second-order valence-corrected chi connectivity index (χ2v) is 24.8. The molecule has 0 unspecified atom stereocenters. The minimum absolute atomic E-state index is 0.0158. The molecule has 0 amide bonds. The summed E-state index contributed by atoms with van der Waals surface area (Å²) in [6.07, 6.45) is 13.4. The summed E-state index contributed by atoms with van der Waals surface area (Å²) < 4.78 is 67.7. The molecule has 0 aliphatic heterocycles. The van der Waals surface area contributed by atoms with Gasteiger partial charge in [0.25, 0.3) is 31.4 Å². The number of non-ortho nitro benzene ring substituents is 2. The molecule has 2 fully saturated rings. The first-order valence-electron chi connectivity index (χ1n) is 26.8. The summed E-state index contributed by atoms with van der Waals surface area (Å²) in [5, 5.41) is 26.8. The van der Waals surface area contributed by atoms with Crippen molar-refractivity contribution in [1.29, 1.82) is 0 Å². The summed E-state index contributed by atoms with van der Waals surface area (Å²) in [6, 6.07) is 43.4. The molecule has 0 saturated heterocycles. The van der Waals surface area contributed by atoms with Crippen molar-refractivity contribution >= 4 is 94.0 Å². The Morgan fingerprint density at radius 1 is 0.541 bits per heavy atom. The van der Waals surface area contributed by atoms with Crippen LogP contribution in [0.5, 0.6) is 11.5 Å². The third-order valence-corrected chi connectivity index (χ3v) is 18.4. The Kier molecular flexibility index (Phi) is 18.4. The Hall–Kier alpha value is -8.51. The second kappa shape index (κ2) is 26.2. The molecule has 25 heteroatoms. The average molecular weight is 1240 g/mol. The van der Waals surface area contributed by atoms with Crippen molar-refractivity contribution in [2.45, 2.75) is 85.4 Å². The molecule has 0 bridgehead atoms. The number of nitro groups is 2. The highest BCUT2D eigenvalue weighted by atomic mass is 35.5. The van der Waals surface area contributed by atoms with Crippen LogP contribution in [0.4, 0.5) is 17.3 Å². The van der Waals surface area contributed by atoms with Crippen LogP contribution in [0.3, 0.4) is 0 Å². The second-order valence-electron chi connectivity index (χ2n) is 20.0. The lowest BCUT2D eigenvalue weighted by molar-refractivity contribution is -0.385. The van der Waals surface area contributed by atoms with E-state index in [0.717, 1.165) is 44.9 Å². The number of ether oxygens (including phenoxy) is 2. The number of hydrogen-bond acceptors (Lipinski definition) is 16. The van der Waals surface area contributed by atoms with Gasteiger partial charge >= 0.3 is 0 Å². The van der Waals surface area contributed by atoms with E-state index in [4.69, 9.17) is 55.0 Å². The zero-order valence-electron chi connectivity index (χ0n) is 45.0. The van der Waals surface area contributed by atoms with Gasteiger partial charge in [0.15, 0.2) is 0 Å². The van der Waals surface area contributed by atoms with Gasteiger partial charge in [-0.2, -0.15) is 0 Å². The lowest BCUT2D eigenvalue weighted by atomic mass is 9.93. The summed E-state index contributed by atoms with van der Waals surface area (Å²) in [5.74, 6) is 1.63. The monoisotopic (exact) mass is 1240 g/mol. The fraction of sp³-hybridized carbons (Fsp3) is 0.200. The number of rotatable bonds is 14. The minimum Gasteiger partial charge on any atom is -0.490 e. The first-order chi connectivity index (χ1) is 40.9. The molecule has 2 aliphatic rings. The largest absolute Gasteiger partial charge is 0.490 e. The van der Waals surface area contributed by atoms with E-state index in [1.807, 2.05) is 24.3 Å². The molecule has 4 aromatic heterocycles. The Morgan fingerprint density at radius 2 is 0.976 bits per heavy atom. The van der Waals surface area contributed by atoms with E-state index in [1.165, 1.54) is 50.8 Å². The van der Waals surface area contributed by atoms with Gasteiger partial charge in [-0.05, 0) is 117 Å². The van der Waals surface area contributed by atoms with Crippen LogP contribution in [0.1, 0.15) is 51.4 Å². The summed E-state index contributed by atoms with van der Waals surface area (Å²) in [4.78, 5) is 38.1. The Morgan fingerprint density at radius 3 is 1.46 bits per heavy atom. The quantitative estimate of drug-likeness (QED) is 0.0582. The highest BCUT2D eigenvalue weighted by Gasteiger charge is 2.28. The smallest absolute Gasteiger partial charge is 0.269 e. The van der Waals surface area contributed by atoms with Crippen molar-refractivity contribution in [1.82, 2.24) is 27.9 Å². The van der Waals surface area contributed by atoms with Crippen LogP contribution in [-0.4, -0.2) is 78.9 Å². The van der Waals surface area contributed by atoms with Gasteiger partial charge in [-0.1, -0.05) is 96.0 Å². The predicted octanol–water partition coefficient (Wildman–Crippen LogP) is 13.6. The maximum atomic E-state index is 13.6. The Bertz CT molecular complexity index is 4260. The average Bonchev–Trinajstić information content (AvgIpc) is 1.98. The molecule has 85 heavy (non-hydrogen) atoms. The molecule has 20 nitrogen and oxygen atoms in total. The third-order valence-electron chi connectivity index (χ3n) is 14.3. The number of para-hydroxylation sites is 2. The van der Waals surface area contributed by atoms with Gasteiger partial charge in [-0.15, -0.1) is 0 Å². The normalized spacial score (nSPS) is 16.9. The van der Waals surface area contributed by atoms with Crippen molar-refractivity contribution in [2.75, 3.05) is 5.32 Å². The predicted molar refractivity (Wildman–Crippen MR) is 326 cm³/mol. The molecule has 0 spiro atoms. The van der Waals surface area contributed by atoms with Gasteiger partial charge in [-0.25, -0.2) is 44.7 Å². The number of nitro benzene ring substituents is 2. The van der Waals surface area contributed by atoms with Crippen LogP contribution in [0.25, 0.3) is 44.3 Å². The molecule has 4 heterocycles. The van der Waals surface area contributed by atoms with Gasteiger partial charge in [0.2, 0.25) is 11.2 Å². The van der Waals surface area contributed by atoms with Gasteiger partial charge in [0, 0.05) is 77.1 Å². The topological polar surface area (TPSA) is 272 Å². The maximum Gasteiger partial charge on any atom is 0.269 e. The molecule has 6 aromatic carbocycles. The van der Waals surface area contributed by atoms with E-state index >= 15 is 0 Å². The molecule has 436 valence electrons. The fourth-order valence-electron chi connectivity index (χ4n) is 10.2. The van der Waals surface area contributed by atoms with Crippen molar-refractivity contribution in [2.24, 2.45) is 5.73 Å². The number of hydrogen-bond donors (Lipinski definition) is 2. The maximum absolute atomic E-state index is 13.6. The van der Waals surface area contributed by atoms with Gasteiger partial charge in [-0.3, -0.25) is 20.2 Å². The summed E-state index contributed by atoms with van der Waals surface area (Å²) in [5.41, 5.74) is 8.94. The van der Waals surface area contributed by atoms with Crippen molar-refractivity contribution < 1.29 is 36.2 Å². The zero-order valence-corrected chi connectivity index (χ0v) is 48.9. The van der Waals surface area contributed by atoms with Crippen LogP contribution in [0, 0.1) is 20.2 Å². The lowest BCUT2D eigenvalue weighted by Gasteiger charge is -2.30. The van der Waals surface area contributed by atoms with Crippen molar-refractivity contribution in [3.05, 3.63) is 218 Å². The highest BCUT2D eigenvalue weighted by Crippen LogP contribution is 2.38. The van der Waals surface area contributed by atoms with E-state index < -0.39 is 29.9 Å². The number of nitrogens with zero attached hydrogens (tertiary/aromatic N) is 8. The number of aromatic nitrogens is 6. The molecule has 2 aliphatic carbocycles. The first-order valence-corrected chi connectivity index (χ1v) is 30.8. The van der Waals surface area contributed by atoms with Gasteiger partial charge in [0.05, 0.1) is 64.5 Å². The van der Waals surface area contributed by atoms with Crippen LogP contribution in [0.15, 0.2) is 192 Å². The molecule has 2 saturated carbocycles. The molecular formula is C60H53Cl3N10O10S2. The molecule has 10 aromatic rings. The SMILES string of the molecule is N[C@@H]1CCC[C@@H](Oc2ccc([N+](=O)[O-])cc2)C1.O=S(=O)(c1ccccc1)n1cc(-c2nc(Cl)ncc2Cl)c2ccccc21.O=[N+]([O-])c1ccc(O[C@@H]2CCC[C@@H](Nc3ncc(Cl)c(-c4cn(S(=O)(=O)c5ccccc5)c5ccccc45)n3)C2)cc1. The summed E-state index contributed by atoms with van der Waals surface area (Å²) >= 11 is 18.7. The third kappa shape index (κ3) is 13.9. The van der Waals surface area contributed by atoms with Crippen LogP contribution >= 0.6 is 34.8 Å². The number of halogens is 3. The van der Waals surface area contributed by atoms with Gasteiger partial charge < -0.3 is 20.5 Å². The molecule has 0 radical (unpaired) electrons. The van der Waals surface area contributed by atoms with Crippen molar-refractivity contribution in [3.63, 3.8) is 0 Å². The van der Waals surface area contributed by atoms with Crippen LogP contribution < -0.4 is 20.5 Å². The van der Waals surface area contributed by atoms with Crippen LogP contribution in [-0.2, 0) is 20.0 Å². The van der Waals surface area contributed by atoms with E-state index in [1.54, 1.807) is 115 Å².